The molecule has 1 fully saturated rings. The number of hydrogen-bond donors (Lipinski definition) is 2. The van der Waals surface area contributed by atoms with Gasteiger partial charge in [0, 0.05) is 18.7 Å². The first kappa shape index (κ1) is 20.6. The number of hydrogen-bond acceptors (Lipinski definition) is 5. The maximum absolute atomic E-state index is 12.8. The molecule has 0 unspecified atom stereocenters. The molecule has 0 aliphatic carbocycles. The fourth-order valence-electron chi connectivity index (χ4n) is 3.42. The van der Waals surface area contributed by atoms with Crippen LogP contribution in [0, 0.1) is 0 Å². The average Bonchev–Trinajstić information content (AvgIpc) is 2.96. The predicted molar refractivity (Wildman–Crippen MR) is 109 cm³/mol. The monoisotopic (exact) mass is 395 g/mol. The summed E-state index contributed by atoms with van der Waals surface area (Å²) in [4.78, 5) is 27.1. The Labute approximate surface area is 170 Å². The molecule has 1 atom stereocenters. The van der Waals surface area contributed by atoms with Crippen LogP contribution >= 0.6 is 0 Å². The number of benzene rings is 2. The topological polar surface area (TPSA) is 87.1 Å². The van der Waals surface area contributed by atoms with Crippen LogP contribution in [0.1, 0.15) is 37.4 Å². The molecule has 0 bridgehead atoms. The van der Waals surface area contributed by atoms with Gasteiger partial charge in [-0.3, -0.25) is 9.59 Å². The number of aliphatic hydroxyl groups is 1. The van der Waals surface area contributed by atoms with E-state index in [1.54, 1.807) is 36.4 Å². The number of aliphatic hydroxyl groups excluding tert-OH is 1. The van der Waals surface area contributed by atoms with Crippen LogP contribution < -0.4 is 0 Å². The summed E-state index contributed by atoms with van der Waals surface area (Å²) in [5.74, 6) is -1.48. The number of amides is 1. The highest BCUT2D eigenvalue weighted by molar-refractivity contribution is 6.46. The standard InChI is InChI=1S/C23H25NO5/c1-15(2)29-14-6-13-24-20(16-9-11-18(25)12-10-16)19(22(27)23(24)28)21(26)17-7-4-3-5-8-17/h3-5,7-12,15,20,25-26H,6,13-14H2,1-2H3/t20-/m0/s1. The molecule has 0 radical (unpaired) electrons. The molecule has 3 rings (SSSR count). The van der Waals surface area contributed by atoms with E-state index < -0.39 is 17.7 Å². The van der Waals surface area contributed by atoms with Gasteiger partial charge in [0.25, 0.3) is 11.7 Å². The Bertz CT molecular complexity index is 903. The van der Waals surface area contributed by atoms with Crippen LogP contribution in [-0.2, 0) is 14.3 Å². The number of rotatable bonds is 7. The second-order valence-corrected chi connectivity index (χ2v) is 7.22. The molecule has 0 saturated carbocycles. The highest BCUT2D eigenvalue weighted by atomic mass is 16.5. The Morgan fingerprint density at radius 2 is 1.72 bits per heavy atom. The molecule has 1 saturated heterocycles. The Morgan fingerprint density at radius 3 is 2.34 bits per heavy atom. The number of phenols is 1. The first-order chi connectivity index (χ1) is 13.9. The van der Waals surface area contributed by atoms with E-state index in [9.17, 15) is 19.8 Å². The third-order valence-corrected chi connectivity index (χ3v) is 4.79. The highest BCUT2D eigenvalue weighted by Crippen LogP contribution is 2.39. The van der Waals surface area contributed by atoms with E-state index >= 15 is 0 Å². The minimum atomic E-state index is -0.727. The number of carbonyl (C=O) groups is 2. The van der Waals surface area contributed by atoms with Gasteiger partial charge in [-0.1, -0.05) is 42.5 Å². The van der Waals surface area contributed by atoms with Gasteiger partial charge in [0.2, 0.25) is 0 Å². The van der Waals surface area contributed by atoms with Gasteiger partial charge >= 0.3 is 0 Å². The van der Waals surface area contributed by atoms with E-state index in [4.69, 9.17) is 4.74 Å². The van der Waals surface area contributed by atoms with Crippen molar-refractivity contribution >= 4 is 17.4 Å². The van der Waals surface area contributed by atoms with Gasteiger partial charge in [0.05, 0.1) is 17.7 Å². The normalized spacial score (nSPS) is 18.6. The van der Waals surface area contributed by atoms with Crippen LogP contribution in [0.15, 0.2) is 60.2 Å². The predicted octanol–water partition coefficient (Wildman–Crippen LogP) is 3.63. The molecule has 2 aromatic carbocycles. The summed E-state index contributed by atoms with van der Waals surface area (Å²) in [6.45, 7) is 4.64. The van der Waals surface area contributed by atoms with Crippen molar-refractivity contribution in [2.24, 2.45) is 0 Å². The summed E-state index contributed by atoms with van der Waals surface area (Å²) in [6, 6.07) is 14.3. The lowest BCUT2D eigenvalue weighted by Gasteiger charge is -2.25. The van der Waals surface area contributed by atoms with Crippen molar-refractivity contribution in [1.82, 2.24) is 4.90 Å². The quantitative estimate of drug-likeness (QED) is 0.324. The fourth-order valence-corrected chi connectivity index (χ4v) is 3.42. The molecule has 6 nitrogen and oxygen atoms in total. The highest BCUT2D eigenvalue weighted by Gasteiger charge is 2.45. The molecule has 1 heterocycles. The number of aromatic hydroxyl groups is 1. The van der Waals surface area contributed by atoms with Gasteiger partial charge in [-0.15, -0.1) is 0 Å². The van der Waals surface area contributed by atoms with Crippen LogP contribution in [0.25, 0.3) is 5.76 Å². The zero-order chi connectivity index (χ0) is 21.0. The number of ketones is 1. The third kappa shape index (κ3) is 4.49. The summed E-state index contributed by atoms with van der Waals surface area (Å²) in [5, 5.41) is 20.5. The van der Waals surface area contributed by atoms with Gasteiger partial charge in [0.15, 0.2) is 0 Å². The van der Waals surface area contributed by atoms with E-state index in [0.717, 1.165) is 0 Å². The smallest absolute Gasteiger partial charge is 0.295 e. The number of Topliss-reactive ketones (excluding diaryl/α,β-unsaturated/α-hetero) is 1. The van der Waals surface area contributed by atoms with E-state index in [2.05, 4.69) is 0 Å². The van der Waals surface area contributed by atoms with Crippen molar-refractivity contribution in [3.05, 3.63) is 71.3 Å². The van der Waals surface area contributed by atoms with E-state index in [0.29, 0.717) is 30.7 Å². The van der Waals surface area contributed by atoms with Crippen molar-refractivity contribution in [1.29, 1.82) is 0 Å². The van der Waals surface area contributed by atoms with Crippen molar-refractivity contribution in [2.45, 2.75) is 32.4 Å². The van der Waals surface area contributed by atoms with Gasteiger partial charge in [-0.25, -0.2) is 0 Å². The van der Waals surface area contributed by atoms with Gasteiger partial charge in [0.1, 0.15) is 11.5 Å². The Kier molecular flexibility index (Phi) is 6.34. The largest absolute Gasteiger partial charge is 0.508 e. The lowest BCUT2D eigenvalue weighted by Crippen LogP contribution is -2.31. The summed E-state index contributed by atoms with van der Waals surface area (Å²) >= 11 is 0. The van der Waals surface area contributed by atoms with E-state index in [1.165, 1.54) is 17.0 Å². The van der Waals surface area contributed by atoms with Gasteiger partial charge in [-0.05, 0) is 38.0 Å². The Hall–Kier alpha value is -3.12. The second-order valence-electron chi connectivity index (χ2n) is 7.22. The zero-order valence-corrected chi connectivity index (χ0v) is 16.5. The number of likely N-dealkylation sites (tertiary alicyclic amines) is 1. The van der Waals surface area contributed by atoms with Crippen molar-refractivity contribution in [3.63, 3.8) is 0 Å². The molecular weight excluding hydrogens is 370 g/mol. The lowest BCUT2D eigenvalue weighted by molar-refractivity contribution is -0.140. The van der Waals surface area contributed by atoms with Crippen LogP contribution in [-0.4, -0.2) is 46.1 Å². The molecule has 2 N–H and O–H groups in total. The molecule has 1 aliphatic heterocycles. The molecule has 1 amide bonds. The lowest BCUT2D eigenvalue weighted by atomic mass is 9.95. The van der Waals surface area contributed by atoms with E-state index in [-0.39, 0.29) is 23.2 Å². The summed E-state index contributed by atoms with van der Waals surface area (Å²) < 4.78 is 5.55. The molecule has 1 aliphatic rings. The Morgan fingerprint density at radius 1 is 1.07 bits per heavy atom. The average molecular weight is 395 g/mol. The summed E-state index contributed by atoms with van der Waals surface area (Å²) in [5.41, 5.74) is 1.17. The fraction of sp³-hybridized carbons (Fsp3) is 0.304. The molecule has 0 spiro atoms. The number of carbonyl (C=O) groups excluding carboxylic acids is 2. The molecule has 0 aromatic heterocycles. The van der Waals surface area contributed by atoms with Crippen LogP contribution in [0.4, 0.5) is 0 Å². The minimum absolute atomic E-state index is 0.0525. The second kappa shape index (κ2) is 8.92. The van der Waals surface area contributed by atoms with Crippen molar-refractivity contribution in [3.8, 4) is 5.75 Å². The molecule has 29 heavy (non-hydrogen) atoms. The van der Waals surface area contributed by atoms with Gasteiger partial charge < -0.3 is 19.8 Å². The number of nitrogens with zero attached hydrogens (tertiary/aromatic N) is 1. The van der Waals surface area contributed by atoms with Gasteiger partial charge in [-0.2, -0.15) is 0 Å². The van der Waals surface area contributed by atoms with Crippen molar-refractivity contribution in [2.75, 3.05) is 13.2 Å². The molecule has 152 valence electrons. The number of phenolic OH excluding ortho intramolecular Hbond substituents is 1. The van der Waals surface area contributed by atoms with Crippen molar-refractivity contribution < 1.29 is 24.5 Å². The van der Waals surface area contributed by atoms with Crippen LogP contribution in [0.5, 0.6) is 5.75 Å². The minimum Gasteiger partial charge on any atom is -0.508 e. The third-order valence-electron chi connectivity index (χ3n) is 4.79. The maximum atomic E-state index is 12.8. The molecule has 6 heteroatoms. The maximum Gasteiger partial charge on any atom is 0.295 e. The molecule has 2 aromatic rings. The van der Waals surface area contributed by atoms with E-state index in [1.807, 2.05) is 19.9 Å². The zero-order valence-electron chi connectivity index (χ0n) is 16.5. The van der Waals surface area contributed by atoms with Crippen LogP contribution in [0.2, 0.25) is 0 Å². The first-order valence-corrected chi connectivity index (χ1v) is 9.64. The summed E-state index contributed by atoms with van der Waals surface area (Å²) in [7, 11) is 0. The van der Waals surface area contributed by atoms with Crippen LogP contribution in [0.3, 0.4) is 0 Å². The summed E-state index contributed by atoms with van der Waals surface area (Å²) in [6.07, 6.45) is 0.641. The molecular formula is C23H25NO5. The SMILES string of the molecule is CC(C)OCCCN1C(=O)C(=O)C(=C(O)c2ccccc2)[C@@H]1c1ccc(O)cc1. The number of ether oxygens (including phenoxy) is 1. The Balaban J connectivity index is 2.00. The first-order valence-electron chi connectivity index (χ1n) is 9.64.